The highest BCUT2D eigenvalue weighted by atomic mass is 127. The molecule has 0 aromatic heterocycles. The summed E-state index contributed by atoms with van der Waals surface area (Å²) in [5.41, 5.74) is 5.35. The Kier molecular flexibility index (Phi) is 7.81. The van der Waals surface area contributed by atoms with Crippen LogP contribution in [0.25, 0.3) is 0 Å². The number of nitrogens with zero attached hydrogens (tertiary/aromatic N) is 1. The third kappa shape index (κ3) is 6.65. The number of guanidine groups is 1. The first-order valence-corrected chi connectivity index (χ1v) is 5.63. The Morgan fingerprint density at radius 3 is 2.63 bits per heavy atom. The molecule has 1 aromatic carbocycles. The Morgan fingerprint density at radius 2 is 2.05 bits per heavy atom. The summed E-state index contributed by atoms with van der Waals surface area (Å²) in [6.07, 6.45) is -3.43. The van der Waals surface area contributed by atoms with Crippen molar-refractivity contribution < 1.29 is 13.2 Å². The normalized spacial score (nSPS) is 11.9. The summed E-state index contributed by atoms with van der Waals surface area (Å²) in [4.78, 5) is 3.97. The first-order chi connectivity index (χ1) is 8.43. The zero-order chi connectivity index (χ0) is 13.6. The number of halogens is 4. The Labute approximate surface area is 127 Å². The number of benzene rings is 1. The van der Waals surface area contributed by atoms with Crippen LogP contribution in [0.5, 0.6) is 0 Å². The number of alkyl halides is 3. The summed E-state index contributed by atoms with van der Waals surface area (Å²) in [5, 5.41) is 2.85. The largest absolute Gasteiger partial charge is 0.416 e. The van der Waals surface area contributed by atoms with Gasteiger partial charge < -0.3 is 11.1 Å². The summed E-state index contributed by atoms with van der Waals surface area (Å²) in [5.74, 6) is 0.245. The summed E-state index contributed by atoms with van der Waals surface area (Å²) < 4.78 is 37.4. The first kappa shape index (κ1) is 18.0. The van der Waals surface area contributed by atoms with E-state index in [2.05, 4.69) is 10.3 Å². The molecule has 0 aliphatic rings. The molecule has 3 N–H and O–H groups in total. The van der Waals surface area contributed by atoms with E-state index >= 15 is 0 Å². The van der Waals surface area contributed by atoms with E-state index in [0.717, 1.165) is 18.6 Å². The van der Waals surface area contributed by atoms with E-state index in [-0.39, 0.29) is 36.5 Å². The van der Waals surface area contributed by atoms with Crippen molar-refractivity contribution in [1.29, 1.82) is 0 Å². The molecular formula is C12H17F3IN3. The van der Waals surface area contributed by atoms with Gasteiger partial charge in [0.1, 0.15) is 0 Å². The van der Waals surface area contributed by atoms with Gasteiger partial charge in [0.05, 0.1) is 12.1 Å². The number of nitrogens with two attached hydrogens (primary N) is 1. The fraction of sp³-hybridized carbons (Fsp3) is 0.417. The Morgan fingerprint density at radius 1 is 1.37 bits per heavy atom. The molecule has 0 radical (unpaired) electrons. The van der Waals surface area contributed by atoms with Gasteiger partial charge in [-0.2, -0.15) is 13.2 Å². The molecule has 0 saturated carbocycles. The lowest BCUT2D eigenvalue weighted by atomic mass is 10.1. The highest BCUT2D eigenvalue weighted by molar-refractivity contribution is 14.0. The van der Waals surface area contributed by atoms with Crippen molar-refractivity contribution >= 4 is 29.9 Å². The predicted octanol–water partition coefficient (Wildman–Crippen LogP) is 3.14. The monoisotopic (exact) mass is 387 g/mol. The third-order valence-corrected chi connectivity index (χ3v) is 2.24. The first-order valence-electron chi connectivity index (χ1n) is 5.63. The highest BCUT2D eigenvalue weighted by Gasteiger charge is 2.30. The number of hydrogen-bond acceptors (Lipinski definition) is 1. The standard InChI is InChI=1S/C12H16F3N3.HI/c1-2-6-17-11(16)18-8-9-4-3-5-10(7-9)12(13,14)15;/h3-5,7H,2,6,8H2,1H3,(H3,16,17,18);1H. The Hall–Kier alpha value is -0.990. The molecule has 1 aromatic rings. The molecule has 0 bridgehead atoms. The summed E-state index contributed by atoms with van der Waals surface area (Å²) >= 11 is 0. The van der Waals surface area contributed by atoms with Crippen molar-refractivity contribution in [2.45, 2.75) is 26.1 Å². The molecule has 3 nitrogen and oxygen atoms in total. The van der Waals surface area contributed by atoms with Gasteiger partial charge in [-0.05, 0) is 24.1 Å². The maximum Gasteiger partial charge on any atom is 0.416 e. The average molecular weight is 387 g/mol. The van der Waals surface area contributed by atoms with Gasteiger partial charge in [-0.15, -0.1) is 24.0 Å². The highest BCUT2D eigenvalue weighted by Crippen LogP contribution is 2.29. The lowest BCUT2D eigenvalue weighted by molar-refractivity contribution is -0.137. The zero-order valence-electron chi connectivity index (χ0n) is 10.5. The number of nitrogens with one attached hydrogen (secondary N) is 1. The molecule has 108 valence electrons. The van der Waals surface area contributed by atoms with Gasteiger partial charge in [-0.3, -0.25) is 0 Å². The summed E-state index contributed by atoms with van der Waals surface area (Å²) in [6.45, 7) is 2.80. The molecule has 0 aliphatic heterocycles. The molecular weight excluding hydrogens is 370 g/mol. The van der Waals surface area contributed by atoms with Crippen LogP contribution in [-0.4, -0.2) is 12.5 Å². The molecule has 7 heteroatoms. The SMILES string of the molecule is CCCNC(N)=NCc1cccc(C(F)(F)F)c1.I. The van der Waals surface area contributed by atoms with Crippen molar-refractivity contribution in [3.63, 3.8) is 0 Å². The quantitative estimate of drug-likeness (QED) is 0.474. The van der Waals surface area contributed by atoms with E-state index in [9.17, 15) is 13.2 Å². The molecule has 0 amide bonds. The summed E-state index contributed by atoms with van der Waals surface area (Å²) in [7, 11) is 0. The minimum atomic E-state index is -4.33. The molecule has 0 aliphatic carbocycles. The van der Waals surface area contributed by atoms with E-state index in [1.807, 2.05) is 6.92 Å². The second-order valence-electron chi connectivity index (χ2n) is 3.83. The van der Waals surface area contributed by atoms with Crippen LogP contribution in [0.15, 0.2) is 29.3 Å². The molecule has 1 rings (SSSR count). The molecule has 0 atom stereocenters. The van der Waals surface area contributed by atoms with Crippen LogP contribution in [0.1, 0.15) is 24.5 Å². The maximum absolute atomic E-state index is 12.5. The van der Waals surface area contributed by atoms with Gasteiger partial charge in [0.2, 0.25) is 0 Å². The van der Waals surface area contributed by atoms with Gasteiger partial charge in [0.15, 0.2) is 5.96 Å². The van der Waals surface area contributed by atoms with E-state index in [1.165, 1.54) is 6.07 Å². The molecule has 0 unspecified atom stereocenters. The number of aliphatic imine (C=N–C) groups is 1. The van der Waals surface area contributed by atoms with Crippen LogP contribution < -0.4 is 11.1 Å². The topological polar surface area (TPSA) is 50.4 Å². The minimum Gasteiger partial charge on any atom is -0.370 e. The summed E-state index contributed by atoms with van der Waals surface area (Å²) in [6, 6.07) is 5.07. The fourth-order valence-corrected chi connectivity index (χ4v) is 1.33. The van der Waals surface area contributed by atoms with Crippen LogP contribution in [0.2, 0.25) is 0 Å². The van der Waals surface area contributed by atoms with Crippen LogP contribution in [0.3, 0.4) is 0 Å². The van der Waals surface area contributed by atoms with E-state index in [1.54, 1.807) is 6.07 Å². The second kappa shape index (κ2) is 8.23. The van der Waals surface area contributed by atoms with Gasteiger partial charge in [-0.1, -0.05) is 19.1 Å². The van der Waals surface area contributed by atoms with Crippen LogP contribution in [0.4, 0.5) is 13.2 Å². The van der Waals surface area contributed by atoms with Crippen molar-refractivity contribution in [2.75, 3.05) is 6.54 Å². The van der Waals surface area contributed by atoms with Gasteiger partial charge in [-0.25, -0.2) is 4.99 Å². The van der Waals surface area contributed by atoms with Crippen LogP contribution in [0, 0.1) is 0 Å². The Bertz CT molecular complexity index is 419. The zero-order valence-corrected chi connectivity index (χ0v) is 12.8. The van der Waals surface area contributed by atoms with Crippen molar-refractivity contribution in [1.82, 2.24) is 5.32 Å². The third-order valence-electron chi connectivity index (χ3n) is 2.24. The van der Waals surface area contributed by atoms with E-state index < -0.39 is 11.7 Å². The Balaban J connectivity index is 0.00000324. The van der Waals surface area contributed by atoms with Gasteiger partial charge in [0, 0.05) is 6.54 Å². The maximum atomic E-state index is 12.5. The van der Waals surface area contributed by atoms with Gasteiger partial charge in [0.25, 0.3) is 0 Å². The van der Waals surface area contributed by atoms with Crippen LogP contribution in [-0.2, 0) is 12.7 Å². The van der Waals surface area contributed by atoms with E-state index in [4.69, 9.17) is 5.73 Å². The smallest absolute Gasteiger partial charge is 0.370 e. The van der Waals surface area contributed by atoms with Crippen molar-refractivity contribution in [3.05, 3.63) is 35.4 Å². The minimum absolute atomic E-state index is 0. The molecule has 0 spiro atoms. The molecule has 0 fully saturated rings. The number of hydrogen-bond donors (Lipinski definition) is 2. The molecule has 19 heavy (non-hydrogen) atoms. The average Bonchev–Trinajstić information content (AvgIpc) is 2.33. The second-order valence-corrected chi connectivity index (χ2v) is 3.83. The molecule has 0 saturated heterocycles. The van der Waals surface area contributed by atoms with Crippen LogP contribution >= 0.6 is 24.0 Å². The van der Waals surface area contributed by atoms with Gasteiger partial charge >= 0.3 is 6.18 Å². The molecule has 0 heterocycles. The fourth-order valence-electron chi connectivity index (χ4n) is 1.33. The predicted molar refractivity (Wildman–Crippen MR) is 80.5 cm³/mol. The lowest BCUT2D eigenvalue weighted by Crippen LogP contribution is -2.32. The number of rotatable bonds is 4. The van der Waals surface area contributed by atoms with E-state index in [0.29, 0.717) is 12.1 Å². The van der Waals surface area contributed by atoms with Crippen molar-refractivity contribution in [2.24, 2.45) is 10.7 Å². The lowest BCUT2D eigenvalue weighted by Gasteiger charge is -2.08. The van der Waals surface area contributed by atoms with Crippen molar-refractivity contribution in [3.8, 4) is 0 Å².